The Morgan fingerprint density at radius 1 is 1.10 bits per heavy atom. The van der Waals surface area contributed by atoms with Crippen molar-refractivity contribution in [1.29, 1.82) is 5.26 Å². The van der Waals surface area contributed by atoms with Gasteiger partial charge in [-0.25, -0.2) is 4.79 Å². The third-order valence-corrected chi connectivity index (χ3v) is 5.60. The van der Waals surface area contributed by atoms with E-state index in [1.807, 2.05) is 50.2 Å². The van der Waals surface area contributed by atoms with Gasteiger partial charge in [-0.05, 0) is 24.1 Å². The first-order chi connectivity index (χ1) is 15.0. The lowest BCUT2D eigenvalue weighted by Gasteiger charge is -2.23. The fourth-order valence-corrected chi connectivity index (χ4v) is 3.58. The predicted octanol–water partition coefficient (Wildman–Crippen LogP) is 4.25. The molecule has 0 saturated carbocycles. The Morgan fingerprint density at radius 2 is 1.87 bits per heavy atom. The number of rotatable bonds is 7. The molecule has 3 rings (SSSR count). The summed E-state index contributed by atoms with van der Waals surface area (Å²) in [7, 11) is 0. The van der Waals surface area contributed by atoms with Gasteiger partial charge in [0.25, 0.3) is 0 Å². The van der Waals surface area contributed by atoms with Crippen molar-refractivity contribution in [2.75, 3.05) is 10.6 Å². The Morgan fingerprint density at radius 3 is 2.58 bits per heavy atom. The molecule has 0 aliphatic heterocycles. The van der Waals surface area contributed by atoms with Crippen molar-refractivity contribution in [1.82, 2.24) is 15.5 Å². The highest BCUT2D eigenvalue weighted by atomic mass is 32.1. The van der Waals surface area contributed by atoms with E-state index in [4.69, 9.17) is 5.26 Å². The maximum Gasteiger partial charge on any atom is 0.319 e. The summed E-state index contributed by atoms with van der Waals surface area (Å²) >= 11 is 1.26. The van der Waals surface area contributed by atoms with E-state index in [1.54, 1.807) is 24.3 Å². The Hall–Kier alpha value is -3.77. The predicted molar refractivity (Wildman–Crippen MR) is 121 cm³/mol. The molecule has 0 aliphatic rings. The first-order valence-corrected chi connectivity index (χ1v) is 10.6. The minimum Gasteiger partial charge on any atom is -0.326 e. The zero-order chi connectivity index (χ0) is 22.2. The minimum atomic E-state index is -0.770. The van der Waals surface area contributed by atoms with Crippen molar-refractivity contribution >= 4 is 34.1 Å². The van der Waals surface area contributed by atoms with Gasteiger partial charge in [0.2, 0.25) is 11.0 Å². The van der Waals surface area contributed by atoms with Gasteiger partial charge >= 0.3 is 6.03 Å². The van der Waals surface area contributed by atoms with Crippen LogP contribution < -0.4 is 16.0 Å². The Kier molecular flexibility index (Phi) is 7.30. The van der Waals surface area contributed by atoms with Gasteiger partial charge in [0.15, 0.2) is 0 Å². The van der Waals surface area contributed by atoms with Gasteiger partial charge in [-0.2, -0.15) is 5.26 Å². The summed E-state index contributed by atoms with van der Waals surface area (Å²) in [6.45, 7) is 3.83. The number of aromatic nitrogens is 2. The van der Waals surface area contributed by atoms with Crippen LogP contribution in [-0.4, -0.2) is 28.2 Å². The van der Waals surface area contributed by atoms with E-state index in [1.165, 1.54) is 11.3 Å². The summed E-state index contributed by atoms with van der Waals surface area (Å²) in [4.78, 5) is 25.4. The van der Waals surface area contributed by atoms with Crippen molar-refractivity contribution < 1.29 is 9.59 Å². The van der Waals surface area contributed by atoms with E-state index in [9.17, 15) is 9.59 Å². The number of carbonyl (C=O) groups is 2. The van der Waals surface area contributed by atoms with Crippen LogP contribution in [0.25, 0.3) is 10.6 Å². The van der Waals surface area contributed by atoms with Gasteiger partial charge in [0.1, 0.15) is 11.0 Å². The number of amides is 3. The standard InChI is InChI=1S/C22H22N6O2S/c1-3-14(2)18(25-21(30)24-17-11-7-8-15(12-17)13-23)19(29)26-22-28-27-20(31-22)16-9-5-4-6-10-16/h4-12,14,18H,3H2,1-2H3,(H2,24,25,30)(H,26,28,29). The number of urea groups is 1. The van der Waals surface area contributed by atoms with Gasteiger partial charge < -0.3 is 10.6 Å². The van der Waals surface area contributed by atoms with E-state index in [-0.39, 0.29) is 11.8 Å². The maximum absolute atomic E-state index is 12.9. The highest BCUT2D eigenvalue weighted by Gasteiger charge is 2.27. The lowest BCUT2D eigenvalue weighted by Crippen LogP contribution is -2.49. The number of hydrogen-bond acceptors (Lipinski definition) is 6. The molecule has 0 saturated heterocycles. The number of nitriles is 1. The van der Waals surface area contributed by atoms with Crippen molar-refractivity contribution in [3.63, 3.8) is 0 Å². The normalized spacial score (nSPS) is 12.3. The van der Waals surface area contributed by atoms with Crippen LogP contribution in [0.2, 0.25) is 0 Å². The van der Waals surface area contributed by atoms with Crippen LogP contribution >= 0.6 is 11.3 Å². The van der Waals surface area contributed by atoms with Crippen LogP contribution in [0.5, 0.6) is 0 Å². The van der Waals surface area contributed by atoms with Gasteiger partial charge in [0.05, 0.1) is 11.6 Å². The Bertz CT molecular complexity index is 1090. The molecule has 2 unspecified atom stereocenters. The zero-order valence-corrected chi connectivity index (χ0v) is 17.9. The highest BCUT2D eigenvalue weighted by molar-refractivity contribution is 7.18. The summed E-state index contributed by atoms with van der Waals surface area (Å²) in [6.07, 6.45) is 0.688. The van der Waals surface area contributed by atoms with Gasteiger partial charge in [-0.1, -0.05) is 68.0 Å². The molecule has 2 atom stereocenters. The number of nitrogens with zero attached hydrogens (tertiary/aromatic N) is 3. The van der Waals surface area contributed by atoms with Crippen LogP contribution in [0.3, 0.4) is 0 Å². The fourth-order valence-electron chi connectivity index (χ4n) is 2.83. The summed E-state index contributed by atoms with van der Waals surface area (Å²) in [5.74, 6) is -0.483. The molecule has 0 aliphatic carbocycles. The number of benzene rings is 2. The fraction of sp³-hybridized carbons (Fsp3) is 0.227. The monoisotopic (exact) mass is 434 g/mol. The second-order valence-electron chi connectivity index (χ2n) is 6.92. The molecule has 2 aromatic carbocycles. The van der Waals surface area contributed by atoms with Gasteiger partial charge in [-0.15, -0.1) is 10.2 Å². The number of carbonyl (C=O) groups excluding carboxylic acids is 2. The summed E-state index contributed by atoms with van der Waals surface area (Å²) in [5, 5.41) is 26.4. The molecular formula is C22H22N6O2S. The van der Waals surface area contributed by atoms with E-state index in [0.717, 1.165) is 5.56 Å². The van der Waals surface area contributed by atoms with Crippen molar-refractivity contribution in [2.24, 2.45) is 5.92 Å². The number of hydrogen-bond donors (Lipinski definition) is 3. The van der Waals surface area contributed by atoms with Crippen molar-refractivity contribution in [2.45, 2.75) is 26.3 Å². The molecule has 3 aromatic rings. The Balaban J connectivity index is 1.67. The molecule has 3 N–H and O–H groups in total. The molecule has 1 heterocycles. The third kappa shape index (κ3) is 5.87. The quantitative estimate of drug-likeness (QED) is 0.513. The van der Waals surface area contributed by atoms with E-state index >= 15 is 0 Å². The van der Waals surface area contributed by atoms with Crippen molar-refractivity contribution in [3.8, 4) is 16.6 Å². The number of anilines is 2. The second-order valence-corrected chi connectivity index (χ2v) is 7.90. The van der Waals surface area contributed by atoms with Gasteiger partial charge in [0, 0.05) is 11.3 Å². The van der Waals surface area contributed by atoms with Gasteiger partial charge in [-0.3, -0.25) is 10.1 Å². The maximum atomic E-state index is 12.9. The summed E-state index contributed by atoms with van der Waals surface area (Å²) in [6, 6.07) is 16.8. The SMILES string of the molecule is CCC(C)C(NC(=O)Nc1cccc(C#N)c1)C(=O)Nc1nnc(-c2ccccc2)s1. The molecular weight excluding hydrogens is 412 g/mol. The van der Waals surface area contributed by atoms with E-state index in [2.05, 4.69) is 26.1 Å². The minimum absolute atomic E-state index is 0.113. The van der Waals surface area contributed by atoms with E-state index < -0.39 is 12.1 Å². The molecule has 158 valence electrons. The average molecular weight is 435 g/mol. The van der Waals surface area contributed by atoms with Crippen molar-refractivity contribution in [3.05, 3.63) is 60.2 Å². The van der Waals surface area contributed by atoms with Crippen LogP contribution in [0.4, 0.5) is 15.6 Å². The highest BCUT2D eigenvalue weighted by Crippen LogP contribution is 2.26. The molecule has 31 heavy (non-hydrogen) atoms. The second kappa shape index (κ2) is 10.3. The lowest BCUT2D eigenvalue weighted by atomic mass is 9.98. The summed E-state index contributed by atoms with van der Waals surface area (Å²) < 4.78 is 0. The van der Waals surface area contributed by atoms with Crippen LogP contribution in [0.1, 0.15) is 25.8 Å². The molecule has 8 nitrogen and oxygen atoms in total. The molecule has 1 aromatic heterocycles. The Labute approximate surface area is 184 Å². The molecule has 0 fully saturated rings. The molecule has 3 amide bonds. The lowest BCUT2D eigenvalue weighted by molar-refractivity contribution is -0.119. The van der Waals surface area contributed by atoms with E-state index in [0.29, 0.717) is 27.8 Å². The first kappa shape index (κ1) is 21.9. The third-order valence-electron chi connectivity index (χ3n) is 4.71. The average Bonchev–Trinajstić information content (AvgIpc) is 3.26. The topological polar surface area (TPSA) is 120 Å². The molecule has 0 spiro atoms. The summed E-state index contributed by atoms with van der Waals surface area (Å²) in [5.41, 5.74) is 1.81. The zero-order valence-electron chi connectivity index (χ0n) is 17.1. The smallest absolute Gasteiger partial charge is 0.319 e. The van der Waals surface area contributed by atoms with Crippen LogP contribution in [-0.2, 0) is 4.79 Å². The molecule has 0 radical (unpaired) electrons. The molecule has 9 heteroatoms. The van der Waals surface area contributed by atoms with Crippen LogP contribution in [0, 0.1) is 17.2 Å². The first-order valence-electron chi connectivity index (χ1n) is 9.77. The molecule has 0 bridgehead atoms. The number of nitrogens with one attached hydrogen (secondary N) is 3. The van der Waals surface area contributed by atoms with Crippen LogP contribution in [0.15, 0.2) is 54.6 Å². The largest absolute Gasteiger partial charge is 0.326 e.